The van der Waals surface area contributed by atoms with E-state index in [1.165, 1.54) is 18.4 Å². The number of aromatic nitrogens is 4. The maximum Gasteiger partial charge on any atom is 0.229 e. The topological polar surface area (TPSA) is 146 Å². The van der Waals surface area contributed by atoms with E-state index < -0.39 is 29.8 Å². The van der Waals surface area contributed by atoms with Crippen molar-refractivity contribution in [3.05, 3.63) is 35.6 Å². The first-order valence-corrected chi connectivity index (χ1v) is 11.5. The van der Waals surface area contributed by atoms with E-state index in [4.69, 9.17) is 4.74 Å². The van der Waals surface area contributed by atoms with Gasteiger partial charge in [-0.3, -0.25) is 0 Å². The fourth-order valence-electron chi connectivity index (χ4n) is 3.97. The number of aliphatic hydroxyl groups is 3. The molecule has 0 saturated heterocycles. The van der Waals surface area contributed by atoms with E-state index in [2.05, 4.69) is 30.6 Å². The zero-order valence-corrected chi connectivity index (χ0v) is 19.7. The van der Waals surface area contributed by atoms with Gasteiger partial charge in [0.15, 0.2) is 0 Å². The molecule has 3 heterocycles. The van der Waals surface area contributed by atoms with Crippen molar-refractivity contribution in [2.75, 3.05) is 17.7 Å². The molecule has 0 aromatic carbocycles. The summed E-state index contributed by atoms with van der Waals surface area (Å²) in [6.07, 6.45) is 1.52. The molecule has 33 heavy (non-hydrogen) atoms. The van der Waals surface area contributed by atoms with E-state index in [-0.39, 0.29) is 0 Å². The molecule has 0 spiro atoms. The van der Waals surface area contributed by atoms with Gasteiger partial charge in [0.2, 0.25) is 11.8 Å². The van der Waals surface area contributed by atoms with Crippen LogP contribution in [0, 0.1) is 12.8 Å². The predicted octanol–water partition coefficient (Wildman–Crippen LogP) is 2.35. The zero-order chi connectivity index (χ0) is 23.8. The third kappa shape index (κ3) is 5.06. The Morgan fingerprint density at radius 1 is 1.18 bits per heavy atom. The van der Waals surface area contributed by atoms with Crippen molar-refractivity contribution in [2.45, 2.75) is 51.0 Å². The number of nitrogens with zero attached hydrogens (tertiary/aromatic N) is 4. The predicted molar refractivity (Wildman–Crippen MR) is 126 cm³/mol. The van der Waals surface area contributed by atoms with Crippen LogP contribution in [0.3, 0.4) is 0 Å². The molecule has 1 unspecified atom stereocenters. The van der Waals surface area contributed by atoms with Gasteiger partial charge in [0.1, 0.15) is 16.9 Å². The third-order valence-corrected chi connectivity index (χ3v) is 6.74. The van der Waals surface area contributed by atoms with Crippen LogP contribution in [0.4, 0.5) is 17.5 Å². The van der Waals surface area contributed by atoms with Gasteiger partial charge < -0.3 is 30.7 Å². The van der Waals surface area contributed by atoms with E-state index in [1.807, 2.05) is 12.3 Å². The van der Waals surface area contributed by atoms with Crippen LogP contribution in [0.5, 0.6) is 5.88 Å². The lowest BCUT2D eigenvalue weighted by atomic mass is 9.88. The molecule has 0 amide bonds. The lowest BCUT2D eigenvalue weighted by molar-refractivity contribution is -0.0601. The molecular weight excluding hydrogens is 444 g/mol. The van der Waals surface area contributed by atoms with Crippen molar-refractivity contribution in [3.63, 3.8) is 0 Å². The fourth-order valence-corrected chi connectivity index (χ4v) is 4.78. The van der Waals surface area contributed by atoms with Crippen LogP contribution in [0.2, 0.25) is 0 Å². The van der Waals surface area contributed by atoms with Crippen LogP contribution in [0.15, 0.2) is 29.9 Å². The van der Waals surface area contributed by atoms with E-state index in [9.17, 15) is 15.3 Å². The van der Waals surface area contributed by atoms with Crippen LogP contribution < -0.4 is 15.4 Å². The Morgan fingerprint density at radius 3 is 2.61 bits per heavy atom. The first kappa shape index (κ1) is 23.3. The molecule has 11 heteroatoms. The number of anilines is 3. The van der Waals surface area contributed by atoms with Gasteiger partial charge in [0, 0.05) is 41.1 Å². The maximum absolute atomic E-state index is 10.7. The average molecular weight is 473 g/mol. The van der Waals surface area contributed by atoms with E-state index in [0.29, 0.717) is 35.3 Å². The smallest absolute Gasteiger partial charge is 0.229 e. The molecule has 176 valence electrons. The molecule has 3 aromatic heterocycles. The highest BCUT2D eigenvalue weighted by Gasteiger charge is 2.47. The molecule has 1 fully saturated rings. The highest BCUT2D eigenvalue weighted by Crippen LogP contribution is 2.38. The number of nitrogens with one attached hydrogen (secondary N) is 2. The van der Waals surface area contributed by atoms with Gasteiger partial charge in [-0.2, -0.15) is 4.98 Å². The van der Waals surface area contributed by atoms with Gasteiger partial charge in [-0.15, -0.1) is 11.3 Å². The molecule has 1 aliphatic carbocycles. The maximum atomic E-state index is 10.7. The first-order valence-electron chi connectivity index (χ1n) is 10.6. The van der Waals surface area contributed by atoms with Gasteiger partial charge in [0.25, 0.3) is 0 Å². The van der Waals surface area contributed by atoms with Crippen molar-refractivity contribution < 1.29 is 20.1 Å². The summed E-state index contributed by atoms with van der Waals surface area (Å²) >= 11 is 1.47. The summed E-state index contributed by atoms with van der Waals surface area (Å²) in [5, 5.41) is 40.7. The Labute approximate surface area is 195 Å². The minimum Gasteiger partial charge on any atom is -0.481 e. The molecule has 1 saturated carbocycles. The lowest BCUT2D eigenvalue weighted by Crippen LogP contribution is -2.40. The number of aliphatic hydroxyl groups excluding tert-OH is 2. The highest BCUT2D eigenvalue weighted by atomic mass is 32.1. The molecule has 5 N–H and O–H groups in total. The summed E-state index contributed by atoms with van der Waals surface area (Å²) in [4.78, 5) is 17.7. The Hall–Kier alpha value is -2.86. The second-order valence-corrected chi connectivity index (χ2v) is 9.55. The number of hydrogen-bond donors (Lipinski definition) is 5. The summed E-state index contributed by atoms with van der Waals surface area (Å²) in [6.45, 7) is 5.18. The second-order valence-electron chi connectivity index (χ2n) is 8.69. The summed E-state index contributed by atoms with van der Waals surface area (Å²) in [7, 11) is 1.54. The molecule has 4 atom stereocenters. The van der Waals surface area contributed by atoms with Crippen molar-refractivity contribution in [1.82, 2.24) is 19.9 Å². The number of ether oxygens (including phenoxy) is 1. The Bertz CT molecular complexity index is 1120. The minimum atomic E-state index is -1.13. The van der Waals surface area contributed by atoms with Gasteiger partial charge in [0.05, 0.1) is 30.4 Å². The summed E-state index contributed by atoms with van der Waals surface area (Å²) in [5.41, 5.74) is 1.12. The number of pyridine rings is 1. The van der Waals surface area contributed by atoms with E-state index in [1.54, 1.807) is 38.4 Å². The fraction of sp³-hybridized carbons (Fsp3) is 0.455. The van der Waals surface area contributed by atoms with Crippen LogP contribution in [-0.4, -0.2) is 66.2 Å². The molecule has 0 radical (unpaired) electrons. The van der Waals surface area contributed by atoms with Crippen molar-refractivity contribution in [2.24, 2.45) is 5.92 Å². The van der Waals surface area contributed by atoms with Gasteiger partial charge >= 0.3 is 0 Å². The molecule has 1 aliphatic rings. The quantitative estimate of drug-likeness (QED) is 0.347. The van der Waals surface area contributed by atoms with Crippen LogP contribution in [0.1, 0.15) is 26.0 Å². The Balaban J connectivity index is 1.66. The lowest BCUT2D eigenvalue weighted by Gasteiger charge is -2.28. The number of methoxy groups -OCH3 is 1. The highest BCUT2D eigenvalue weighted by molar-refractivity contribution is 7.13. The van der Waals surface area contributed by atoms with Crippen LogP contribution >= 0.6 is 11.3 Å². The van der Waals surface area contributed by atoms with E-state index >= 15 is 0 Å². The summed E-state index contributed by atoms with van der Waals surface area (Å²) < 4.78 is 5.16. The number of rotatable bonds is 7. The van der Waals surface area contributed by atoms with Crippen molar-refractivity contribution in [1.29, 1.82) is 0 Å². The van der Waals surface area contributed by atoms with Crippen LogP contribution in [-0.2, 0) is 0 Å². The average Bonchev–Trinajstić information content (AvgIpc) is 3.32. The summed E-state index contributed by atoms with van der Waals surface area (Å²) in [6, 6.07) is 2.97. The normalized spacial score (nSPS) is 22.9. The Morgan fingerprint density at radius 2 is 1.97 bits per heavy atom. The van der Waals surface area contributed by atoms with Gasteiger partial charge in [-0.05, 0) is 33.3 Å². The molecule has 0 bridgehead atoms. The standard InChI is InChI=1S/C22H28N6O4S/c1-11-10-33-20(25-11)13-9-24-21(26-12-5-6-23-16(7-12)32-4)28-19(13)27-15-8-14(22(2,3)31)17(29)18(15)30/h5-7,9-10,14-15,17-18,29-31H,8H2,1-4H3,(H2,23,24,26,27,28)/t14?,15-,17-,18+/m1/s1. The second kappa shape index (κ2) is 9.18. The number of hydrogen-bond acceptors (Lipinski definition) is 11. The van der Waals surface area contributed by atoms with Crippen LogP contribution in [0.25, 0.3) is 10.6 Å². The Kier molecular flexibility index (Phi) is 6.48. The number of thiazole rings is 1. The monoisotopic (exact) mass is 472 g/mol. The molecule has 0 aliphatic heterocycles. The first-order chi connectivity index (χ1) is 15.7. The molecular formula is C22H28N6O4S. The van der Waals surface area contributed by atoms with Crippen molar-refractivity contribution in [3.8, 4) is 16.5 Å². The SMILES string of the molecule is COc1cc(Nc2ncc(-c3nc(C)cs3)c(N[C@@H]3CC(C(C)(C)O)[C@@H](O)[C@H]3O)n2)ccn1. The largest absolute Gasteiger partial charge is 0.481 e. The van der Waals surface area contributed by atoms with Crippen molar-refractivity contribution >= 4 is 28.8 Å². The number of aryl methyl sites for hydroxylation is 1. The van der Waals surface area contributed by atoms with Gasteiger partial charge in [-0.25, -0.2) is 15.0 Å². The minimum absolute atomic E-state index is 0.329. The zero-order valence-electron chi connectivity index (χ0n) is 18.9. The summed E-state index contributed by atoms with van der Waals surface area (Å²) in [5.74, 6) is 0.763. The molecule has 3 aromatic rings. The van der Waals surface area contributed by atoms with E-state index in [0.717, 1.165) is 10.7 Å². The van der Waals surface area contributed by atoms with Gasteiger partial charge in [-0.1, -0.05) is 0 Å². The molecule has 10 nitrogen and oxygen atoms in total. The molecule has 4 rings (SSSR count). The third-order valence-electron chi connectivity index (χ3n) is 5.75.